The highest BCUT2D eigenvalue weighted by Crippen LogP contribution is 2.25. The Morgan fingerprint density at radius 3 is 2.53 bits per heavy atom. The summed E-state index contributed by atoms with van der Waals surface area (Å²) in [5.74, 6) is 1.78. The Hall–Kier alpha value is -1.97. The minimum absolute atomic E-state index is 0.824. The van der Waals surface area contributed by atoms with Crippen LogP contribution in [0.15, 0.2) is 18.5 Å². The first kappa shape index (κ1) is 13.5. The molecule has 0 saturated carbocycles. The van der Waals surface area contributed by atoms with E-state index in [0.29, 0.717) is 0 Å². The molecule has 19 heavy (non-hydrogen) atoms. The third kappa shape index (κ3) is 2.89. The molecule has 1 N–H and O–H groups in total. The van der Waals surface area contributed by atoms with Gasteiger partial charge in [-0.05, 0) is 32.4 Å². The van der Waals surface area contributed by atoms with E-state index in [4.69, 9.17) is 0 Å². The summed E-state index contributed by atoms with van der Waals surface area (Å²) in [5.41, 5.74) is 4.23. The number of nitrogens with zero attached hydrogens (tertiary/aromatic N) is 3. The third-order valence-corrected chi connectivity index (χ3v) is 3.00. The zero-order chi connectivity index (χ0) is 13.8. The molecule has 0 amide bonds. The zero-order valence-electron chi connectivity index (χ0n) is 12.0. The van der Waals surface area contributed by atoms with Crippen molar-refractivity contribution in [2.45, 2.75) is 34.1 Å². The van der Waals surface area contributed by atoms with Gasteiger partial charge in [-0.1, -0.05) is 6.92 Å². The van der Waals surface area contributed by atoms with Gasteiger partial charge in [0.1, 0.15) is 11.6 Å². The Bertz CT molecular complexity index is 578. The van der Waals surface area contributed by atoms with E-state index in [1.165, 1.54) is 0 Å². The first-order chi connectivity index (χ1) is 9.15. The lowest BCUT2D eigenvalue weighted by molar-refractivity contribution is 0.929. The largest absolute Gasteiger partial charge is 0.370 e. The molecule has 2 aromatic heterocycles. The van der Waals surface area contributed by atoms with Gasteiger partial charge in [0.2, 0.25) is 0 Å². The Kier molecular flexibility index (Phi) is 4.10. The van der Waals surface area contributed by atoms with E-state index >= 15 is 0 Å². The van der Waals surface area contributed by atoms with E-state index in [9.17, 15) is 0 Å². The van der Waals surface area contributed by atoms with Gasteiger partial charge in [-0.15, -0.1) is 0 Å². The Balaban J connectivity index is 2.58. The molecule has 0 bridgehead atoms. The number of anilines is 1. The van der Waals surface area contributed by atoms with Gasteiger partial charge in [-0.3, -0.25) is 4.98 Å². The lowest BCUT2D eigenvalue weighted by atomic mass is 10.1. The van der Waals surface area contributed by atoms with Crippen LogP contribution in [0.3, 0.4) is 0 Å². The van der Waals surface area contributed by atoms with E-state index in [-0.39, 0.29) is 0 Å². The normalized spacial score (nSPS) is 10.5. The van der Waals surface area contributed by atoms with Gasteiger partial charge in [0.05, 0.1) is 5.69 Å². The summed E-state index contributed by atoms with van der Waals surface area (Å²) in [6, 6.07) is 2.11. The summed E-state index contributed by atoms with van der Waals surface area (Å²) in [7, 11) is 0. The van der Waals surface area contributed by atoms with E-state index in [1.807, 2.05) is 19.3 Å². The van der Waals surface area contributed by atoms with Crippen LogP contribution in [-0.2, 0) is 6.42 Å². The molecule has 4 nitrogen and oxygen atoms in total. The van der Waals surface area contributed by atoms with Gasteiger partial charge in [-0.2, -0.15) is 0 Å². The monoisotopic (exact) mass is 256 g/mol. The van der Waals surface area contributed by atoms with Crippen molar-refractivity contribution >= 4 is 5.82 Å². The number of rotatable bonds is 4. The van der Waals surface area contributed by atoms with Crippen LogP contribution in [0.25, 0.3) is 11.3 Å². The molecule has 2 rings (SSSR count). The van der Waals surface area contributed by atoms with Crippen molar-refractivity contribution < 1.29 is 0 Å². The van der Waals surface area contributed by atoms with Gasteiger partial charge < -0.3 is 5.32 Å². The highest BCUT2D eigenvalue weighted by molar-refractivity contribution is 5.67. The molecule has 0 aliphatic heterocycles. The highest BCUT2D eigenvalue weighted by Gasteiger charge is 2.11. The topological polar surface area (TPSA) is 50.7 Å². The SMILES string of the molecule is CCNc1nc(CC)nc(-c2cncc(C)c2)c1C. The van der Waals surface area contributed by atoms with Crippen LogP contribution in [0, 0.1) is 13.8 Å². The Morgan fingerprint density at radius 2 is 1.89 bits per heavy atom. The number of pyridine rings is 1. The van der Waals surface area contributed by atoms with E-state index < -0.39 is 0 Å². The van der Waals surface area contributed by atoms with Crippen molar-refractivity contribution in [1.82, 2.24) is 15.0 Å². The van der Waals surface area contributed by atoms with Gasteiger partial charge >= 0.3 is 0 Å². The number of hydrogen-bond acceptors (Lipinski definition) is 4. The number of hydrogen-bond donors (Lipinski definition) is 1. The van der Waals surface area contributed by atoms with Crippen LogP contribution >= 0.6 is 0 Å². The minimum Gasteiger partial charge on any atom is -0.370 e. The molecule has 0 aliphatic carbocycles. The smallest absolute Gasteiger partial charge is 0.133 e. The lowest BCUT2D eigenvalue weighted by Gasteiger charge is -2.13. The summed E-state index contributed by atoms with van der Waals surface area (Å²) >= 11 is 0. The van der Waals surface area contributed by atoms with E-state index in [0.717, 1.165) is 47.0 Å². The fourth-order valence-electron chi connectivity index (χ4n) is 2.03. The van der Waals surface area contributed by atoms with Gasteiger partial charge in [0.15, 0.2) is 0 Å². The van der Waals surface area contributed by atoms with Gasteiger partial charge in [0.25, 0.3) is 0 Å². The average molecular weight is 256 g/mol. The average Bonchev–Trinajstić information content (AvgIpc) is 2.41. The van der Waals surface area contributed by atoms with Crippen LogP contribution in [0.1, 0.15) is 30.8 Å². The number of aromatic nitrogens is 3. The third-order valence-electron chi connectivity index (χ3n) is 3.00. The van der Waals surface area contributed by atoms with Crippen LogP contribution < -0.4 is 5.32 Å². The van der Waals surface area contributed by atoms with Crippen molar-refractivity contribution in [3.05, 3.63) is 35.4 Å². The summed E-state index contributed by atoms with van der Waals surface area (Å²) < 4.78 is 0. The van der Waals surface area contributed by atoms with Gasteiger partial charge in [-0.25, -0.2) is 9.97 Å². The van der Waals surface area contributed by atoms with Gasteiger partial charge in [0, 0.05) is 36.5 Å². The molecular weight excluding hydrogens is 236 g/mol. The molecule has 0 atom stereocenters. The second-order valence-electron chi connectivity index (χ2n) is 4.60. The summed E-state index contributed by atoms with van der Waals surface area (Å²) in [4.78, 5) is 13.5. The standard InChI is InChI=1S/C15H20N4/c1-5-13-18-14(11(4)15(19-13)17-6-2)12-7-10(3)8-16-9-12/h7-9H,5-6H2,1-4H3,(H,17,18,19). The molecule has 0 unspecified atom stereocenters. The number of aryl methyl sites for hydroxylation is 2. The van der Waals surface area contributed by atoms with Crippen LogP contribution in [0.4, 0.5) is 5.82 Å². The quantitative estimate of drug-likeness (QED) is 0.913. The van der Waals surface area contributed by atoms with Crippen molar-refractivity contribution in [3.63, 3.8) is 0 Å². The Labute approximate surface area is 114 Å². The summed E-state index contributed by atoms with van der Waals surface area (Å²) in [6.45, 7) is 9.08. The maximum Gasteiger partial charge on any atom is 0.133 e. The fourth-order valence-corrected chi connectivity index (χ4v) is 2.03. The van der Waals surface area contributed by atoms with Crippen molar-refractivity contribution in [3.8, 4) is 11.3 Å². The molecule has 2 aromatic rings. The molecule has 100 valence electrons. The molecule has 0 aliphatic rings. The Morgan fingerprint density at radius 1 is 1.11 bits per heavy atom. The summed E-state index contributed by atoms with van der Waals surface area (Å²) in [6.07, 6.45) is 4.54. The minimum atomic E-state index is 0.824. The molecule has 0 spiro atoms. The second-order valence-corrected chi connectivity index (χ2v) is 4.60. The fraction of sp³-hybridized carbons (Fsp3) is 0.400. The van der Waals surface area contributed by atoms with E-state index in [2.05, 4.69) is 47.1 Å². The first-order valence-electron chi connectivity index (χ1n) is 6.69. The van der Waals surface area contributed by atoms with Crippen LogP contribution in [0.2, 0.25) is 0 Å². The molecule has 2 heterocycles. The lowest BCUT2D eigenvalue weighted by Crippen LogP contribution is -2.07. The molecule has 0 aromatic carbocycles. The number of nitrogens with one attached hydrogen (secondary N) is 1. The van der Waals surface area contributed by atoms with Crippen molar-refractivity contribution in [1.29, 1.82) is 0 Å². The second kappa shape index (κ2) is 5.78. The van der Waals surface area contributed by atoms with Crippen molar-refractivity contribution in [2.24, 2.45) is 0 Å². The predicted octanol–water partition coefficient (Wildman–Crippen LogP) is 3.15. The molecule has 4 heteroatoms. The molecule has 0 radical (unpaired) electrons. The van der Waals surface area contributed by atoms with Crippen LogP contribution in [0.5, 0.6) is 0 Å². The maximum atomic E-state index is 4.65. The molecule has 0 saturated heterocycles. The van der Waals surface area contributed by atoms with Crippen LogP contribution in [-0.4, -0.2) is 21.5 Å². The predicted molar refractivity (Wildman–Crippen MR) is 78.3 cm³/mol. The first-order valence-corrected chi connectivity index (χ1v) is 6.69. The summed E-state index contributed by atoms with van der Waals surface area (Å²) in [5, 5.41) is 3.30. The highest BCUT2D eigenvalue weighted by atomic mass is 15.0. The van der Waals surface area contributed by atoms with E-state index in [1.54, 1.807) is 0 Å². The molecular formula is C15H20N4. The maximum absolute atomic E-state index is 4.65. The van der Waals surface area contributed by atoms with Crippen molar-refractivity contribution in [2.75, 3.05) is 11.9 Å². The zero-order valence-corrected chi connectivity index (χ0v) is 12.0. The molecule has 0 fully saturated rings.